The van der Waals surface area contributed by atoms with Crippen LogP contribution in [0.25, 0.3) is 10.9 Å². The average Bonchev–Trinajstić information content (AvgIpc) is 2.80. The number of thiol groups is 1. The molecule has 4 nitrogen and oxygen atoms in total. The molecule has 6 heteroatoms. The van der Waals surface area contributed by atoms with Crippen molar-refractivity contribution in [3.8, 4) is 0 Å². The van der Waals surface area contributed by atoms with Gasteiger partial charge in [-0.2, -0.15) is 12.6 Å². The van der Waals surface area contributed by atoms with E-state index in [1.165, 1.54) is 0 Å². The topological polar surface area (TPSA) is 68.7 Å². The Kier molecular flexibility index (Phi) is 4.66. The van der Waals surface area contributed by atoms with Crippen LogP contribution < -0.4 is 5.32 Å². The van der Waals surface area contributed by atoms with Gasteiger partial charge in [0.1, 0.15) is 5.71 Å². The molecule has 0 aliphatic rings. The van der Waals surface area contributed by atoms with Crippen molar-refractivity contribution in [1.82, 2.24) is 10.3 Å². The van der Waals surface area contributed by atoms with Crippen LogP contribution in [0.3, 0.4) is 0 Å². The molecule has 19 heavy (non-hydrogen) atoms. The number of H-pyrrole nitrogens is 1. The number of carbonyl (C=O) groups excluding carboxylic acids is 1. The minimum atomic E-state index is -0.338. The Morgan fingerprint density at radius 1 is 1.47 bits per heavy atom. The van der Waals surface area contributed by atoms with Crippen LogP contribution in [0.15, 0.2) is 28.9 Å². The van der Waals surface area contributed by atoms with Crippen LogP contribution in [0.1, 0.15) is 5.56 Å². The molecular formula is C13H14BrN3OS. The van der Waals surface area contributed by atoms with Crippen molar-refractivity contribution in [1.29, 1.82) is 5.41 Å². The fourth-order valence-corrected chi connectivity index (χ4v) is 2.63. The first-order valence-corrected chi connectivity index (χ1v) is 7.27. The minimum absolute atomic E-state index is 0.0541. The van der Waals surface area contributed by atoms with Crippen LogP contribution in [-0.4, -0.2) is 28.9 Å². The summed E-state index contributed by atoms with van der Waals surface area (Å²) in [5.74, 6) is 0.230. The first-order valence-electron chi connectivity index (χ1n) is 5.84. The van der Waals surface area contributed by atoms with Crippen molar-refractivity contribution < 1.29 is 4.79 Å². The van der Waals surface area contributed by atoms with Crippen LogP contribution in [0.5, 0.6) is 0 Å². The molecule has 3 N–H and O–H groups in total. The highest BCUT2D eigenvalue weighted by Crippen LogP contribution is 2.27. The zero-order valence-electron chi connectivity index (χ0n) is 10.2. The summed E-state index contributed by atoms with van der Waals surface area (Å²) in [5.41, 5.74) is 1.99. The Labute approximate surface area is 125 Å². The summed E-state index contributed by atoms with van der Waals surface area (Å²) in [6.45, 7) is 0.474. The molecule has 2 rings (SSSR count). The van der Waals surface area contributed by atoms with Gasteiger partial charge in [0.05, 0.1) is 0 Å². The van der Waals surface area contributed by atoms with Crippen LogP contribution in [0.2, 0.25) is 0 Å². The number of amides is 1. The quantitative estimate of drug-likeness (QED) is 0.490. The molecule has 0 saturated carbocycles. The number of aromatic nitrogens is 1. The zero-order valence-corrected chi connectivity index (χ0v) is 12.6. The predicted octanol–water partition coefficient (Wildman–Crippen LogP) is 2.54. The van der Waals surface area contributed by atoms with Crippen molar-refractivity contribution in [2.75, 3.05) is 12.3 Å². The second-order valence-corrected chi connectivity index (χ2v) is 5.41. The highest BCUT2D eigenvalue weighted by Gasteiger charge is 2.13. The molecule has 1 aromatic heterocycles. The number of benzene rings is 1. The number of halogens is 1. The van der Waals surface area contributed by atoms with E-state index < -0.39 is 0 Å². The fourth-order valence-electron chi connectivity index (χ4n) is 1.89. The molecule has 0 radical (unpaired) electrons. The molecule has 100 valence electrons. The summed E-state index contributed by atoms with van der Waals surface area (Å²) < 4.78 is 0.963. The van der Waals surface area contributed by atoms with Crippen molar-refractivity contribution in [2.24, 2.45) is 0 Å². The largest absolute Gasteiger partial charge is 0.361 e. The number of hydrogen-bond donors (Lipinski definition) is 4. The first-order chi connectivity index (χ1) is 9.13. The van der Waals surface area contributed by atoms with E-state index in [0.29, 0.717) is 18.7 Å². The molecule has 0 aliphatic carbocycles. The summed E-state index contributed by atoms with van der Waals surface area (Å²) in [4.78, 5) is 14.8. The lowest BCUT2D eigenvalue weighted by Crippen LogP contribution is -2.32. The van der Waals surface area contributed by atoms with Gasteiger partial charge in [-0.25, -0.2) is 0 Å². The van der Waals surface area contributed by atoms with Gasteiger partial charge in [0.25, 0.3) is 5.91 Å². The summed E-state index contributed by atoms with van der Waals surface area (Å²) >= 11 is 7.51. The minimum Gasteiger partial charge on any atom is -0.361 e. The zero-order chi connectivity index (χ0) is 13.8. The van der Waals surface area contributed by atoms with Gasteiger partial charge in [0.15, 0.2) is 0 Å². The molecule has 1 heterocycles. The highest BCUT2D eigenvalue weighted by molar-refractivity contribution is 9.10. The van der Waals surface area contributed by atoms with Gasteiger partial charge >= 0.3 is 0 Å². The molecule has 0 spiro atoms. The lowest BCUT2D eigenvalue weighted by molar-refractivity contribution is -0.114. The van der Waals surface area contributed by atoms with Crippen LogP contribution in [0, 0.1) is 5.41 Å². The lowest BCUT2D eigenvalue weighted by atomic mass is 10.1. The lowest BCUT2D eigenvalue weighted by Gasteiger charge is -2.05. The van der Waals surface area contributed by atoms with Crippen LogP contribution in [0.4, 0.5) is 0 Å². The Bertz CT molecular complexity index is 623. The highest BCUT2D eigenvalue weighted by atomic mass is 79.9. The van der Waals surface area contributed by atoms with E-state index in [9.17, 15) is 4.79 Å². The normalized spacial score (nSPS) is 10.6. The smallest absolute Gasteiger partial charge is 0.265 e. The SMILES string of the molecule is N=C(Cc1c[nH]c2cccc(Br)c12)C(=O)NCCS. The third kappa shape index (κ3) is 3.19. The number of hydrogen-bond acceptors (Lipinski definition) is 3. The monoisotopic (exact) mass is 339 g/mol. The van der Waals surface area contributed by atoms with Gasteiger partial charge in [-0.1, -0.05) is 22.0 Å². The molecule has 0 aliphatic heterocycles. The maximum atomic E-state index is 11.7. The third-order valence-electron chi connectivity index (χ3n) is 2.78. The van der Waals surface area contributed by atoms with Crippen LogP contribution >= 0.6 is 28.6 Å². The molecule has 0 unspecified atom stereocenters. The van der Waals surface area contributed by atoms with Gasteiger partial charge in [-0.3, -0.25) is 10.2 Å². The molecular weight excluding hydrogens is 326 g/mol. The van der Waals surface area contributed by atoms with Crippen LogP contribution in [-0.2, 0) is 11.2 Å². The van der Waals surface area contributed by atoms with E-state index in [1.54, 1.807) is 0 Å². The van der Waals surface area contributed by atoms with E-state index in [4.69, 9.17) is 5.41 Å². The average molecular weight is 340 g/mol. The number of rotatable bonds is 5. The van der Waals surface area contributed by atoms with Crippen molar-refractivity contribution in [2.45, 2.75) is 6.42 Å². The Morgan fingerprint density at radius 2 is 2.26 bits per heavy atom. The van der Waals surface area contributed by atoms with Crippen molar-refractivity contribution in [3.63, 3.8) is 0 Å². The number of aromatic amines is 1. The van der Waals surface area contributed by atoms with E-state index in [-0.39, 0.29) is 11.6 Å². The van der Waals surface area contributed by atoms with E-state index in [0.717, 1.165) is 20.9 Å². The number of nitrogens with one attached hydrogen (secondary N) is 3. The summed E-state index contributed by atoms with van der Waals surface area (Å²) in [5, 5.41) is 11.5. The van der Waals surface area contributed by atoms with E-state index in [2.05, 4.69) is 38.9 Å². The second-order valence-electron chi connectivity index (χ2n) is 4.11. The molecule has 0 fully saturated rings. The molecule has 0 atom stereocenters. The van der Waals surface area contributed by atoms with E-state index >= 15 is 0 Å². The standard InChI is InChI=1S/C13H14BrN3OS/c14-9-2-1-3-11-12(9)8(7-17-11)6-10(15)13(18)16-4-5-19/h1-3,7,15,17,19H,4-6H2,(H,16,18). The van der Waals surface area contributed by atoms with Gasteiger partial charge in [0, 0.05) is 40.3 Å². The Hall–Kier alpha value is -1.27. The summed E-state index contributed by atoms with van der Waals surface area (Å²) in [6.07, 6.45) is 2.15. The van der Waals surface area contributed by atoms with Gasteiger partial charge in [-0.15, -0.1) is 0 Å². The Morgan fingerprint density at radius 3 is 3.00 bits per heavy atom. The second kappa shape index (κ2) is 6.25. The fraction of sp³-hybridized carbons (Fsp3) is 0.231. The first kappa shape index (κ1) is 14.1. The van der Waals surface area contributed by atoms with Gasteiger partial charge in [0.2, 0.25) is 0 Å². The number of fused-ring (bicyclic) bond motifs is 1. The van der Waals surface area contributed by atoms with Crippen molar-refractivity contribution in [3.05, 3.63) is 34.4 Å². The Balaban J connectivity index is 2.18. The molecule has 0 bridgehead atoms. The third-order valence-corrected chi connectivity index (χ3v) is 3.66. The van der Waals surface area contributed by atoms with Gasteiger partial charge in [-0.05, 0) is 17.7 Å². The maximum Gasteiger partial charge on any atom is 0.265 e. The number of carbonyl (C=O) groups is 1. The molecule has 0 saturated heterocycles. The molecule has 2 aromatic rings. The predicted molar refractivity (Wildman–Crippen MR) is 84.3 cm³/mol. The summed E-state index contributed by atoms with van der Waals surface area (Å²) in [6, 6.07) is 5.86. The molecule has 1 amide bonds. The molecule has 1 aromatic carbocycles. The maximum absolute atomic E-state index is 11.7. The van der Waals surface area contributed by atoms with Gasteiger partial charge < -0.3 is 10.3 Å². The van der Waals surface area contributed by atoms with Crippen molar-refractivity contribution >= 4 is 51.1 Å². The van der Waals surface area contributed by atoms with E-state index in [1.807, 2.05) is 24.4 Å². The summed E-state index contributed by atoms with van der Waals surface area (Å²) in [7, 11) is 0.